The molecule has 1 fully saturated rings. The van der Waals surface area contributed by atoms with Gasteiger partial charge in [0, 0.05) is 6.54 Å². The maximum absolute atomic E-state index is 12.8. The van der Waals surface area contributed by atoms with E-state index < -0.39 is 12.0 Å². The predicted molar refractivity (Wildman–Crippen MR) is 73.4 cm³/mol. The number of benzene rings is 1. The molecular weight excluding hydrogens is 277 g/mol. The number of nitrogens with zero attached hydrogens (tertiary/aromatic N) is 1. The number of ether oxygens (including phenoxy) is 1. The number of aliphatic carboxylic acids is 1. The Kier molecular flexibility index (Phi) is 4.77. The van der Waals surface area contributed by atoms with E-state index in [-0.39, 0.29) is 24.2 Å². The summed E-state index contributed by atoms with van der Waals surface area (Å²) in [7, 11) is 0. The Morgan fingerprint density at radius 2 is 2.05 bits per heavy atom. The molecule has 0 saturated carbocycles. The van der Waals surface area contributed by atoms with Gasteiger partial charge in [-0.3, -0.25) is 4.79 Å². The molecule has 0 spiro atoms. The van der Waals surface area contributed by atoms with Crippen molar-refractivity contribution in [1.82, 2.24) is 4.90 Å². The second-order valence-electron chi connectivity index (χ2n) is 5.23. The van der Waals surface area contributed by atoms with Gasteiger partial charge in [0.2, 0.25) is 0 Å². The molecule has 1 heterocycles. The molecule has 1 aliphatic rings. The van der Waals surface area contributed by atoms with Crippen LogP contribution in [0.25, 0.3) is 0 Å². The Morgan fingerprint density at radius 1 is 1.38 bits per heavy atom. The van der Waals surface area contributed by atoms with Gasteiger partial charge in [0.15, 0.2) is 6.61 Å². The quantitative estimate of drug-likeness (QED) is 0.921. The number of carbonyl (C=O) groups is 2. The van der Waals surface area contributed by atoms with E-state index in [4.69, 9.17) is 4.74 Å². The highest BCUT2D eigenvalue weighted by molar-refractivity contribution is 5.85. The van der Waals surface area contributed by atoms with Crippen LogP contribution in [0, 0.1) is 11.7 Å². The number of amides is 1. The number of halogens is 1. The number of carboxylic acid groups (broad SMARTS) is 1. The van der Waals surface area contributed by atoms with Gasteiger partial charge in [0.1, 0.15) is 17.6 Å². The summed E-state index contributed by atoms with van der Waals surface area (Å²) in [4.78, 5) is 24.8. The Morgan fingerprint density at radius 3 is 2.67 bits per heavy atom. The van der Waals surface area contributed by atoms with E-state index in [1.165, 1.54) is 29.2 Å². The van der Waals surface area contributed by atoms with Gasteiger partial charge in [-0.25, -0.2) is 9.18 Å². The Balaban J connectivity index is 1.98. The maximum atomic E-state index is 12.8. The predicted octanol–water partition coefficient (Wildman–Crippen LogP) is 1.92. The molecule has 1 saturated heterocycles. The fraction of sp³-hybridized carbons (Fsp3) is 0.467. The van der Waals surface area contributed by atoms with Gasteiger partial charge in [0.05, 0.1) is 0 Å². The van der Waals surface area contributed by atoms with Gasteiger partial charge in [-0.15, -0.1) is 0 Å². The number of rotatable bonds is 4. The topological polar surface area (TPSA) is 66.8 Å². The van der Waals surface area contributed by atoms with Crippen LogP contribution in [0.4, 0.5) is 4.39 Å². The molecule has 0 aromatic heterocycles. The normalized spacial score (nSPS) is 21.9. The molecule has 114 valence electrons. The van der Waals surface area contributed by atoms with Crippen molar-refractivity contribution in [2.24, 2.45) is 5.92 Å². The molecule has 1 amide bonds. The van der Waals surface area contributed by atoms with Crippen LogP contribution < -0.4 is 4.74 Å². The summed E-state index contributed by atoms with van der Waals surface area (Å²) in [5.41, 5.74) is 0. The van der Waals surface area contributed by atoms with Gasteiger partial charge in [-0.2, -0.15) is 0 Å². The SMILES string of the molecule is CC1CCCN(C(=O)COc2ccc(F)cc2)C1C(=O)O. The zero-order valence-corrected chi connectivity index (χ0v) is 11.8. The molecule has 2 unspecified atom stereocenters. The first-order valence-corrected chi connectivity index (χ1v) is 6.89. The van der Waals surface area contributed by atoms with Crippen molar-refractivity contribution in [3.63, 3.8) is 0 Å². The number of likely N-dealkylation sites (tertiary alicyclic amines) is 1. The van der Waals surface area contributed by atoms with E-state index in [0.29, 0.717) is 12.3 Å². The van der Waals surface area contributed by atoms with Crippen LogP contribution in [0.15, 0.2) is 24.3 Å². The van der Waals surface area contributed by atoms with Crippen LogP contribution in [0.3, 0.4) is 0 Å². The molecule has 5 nitrogen and oxygen atoms in total. The number of carbonyl (C=O) groups excluding carboxylic acids is 1. The van der Waals surface area contributed by atoms with Crippen LogP contribution in [-0.2, 0) is 9.59 Å². The summed E-state index contributed by atoms with van der Waals surface area (Å²) in [6.07, 6.45) is 1.58. The molecule has 2 rings (SSSR count). The smallest absolute Gasteiger partial charge is 0.326 e. The summed E-state index contributed by atoms with van der Waals surface area (Å²) in [6.45, 7) is 2.01. The van der Waals surface area contributed by atoms with Gasteiger partial charge >= 0.3 is 5.97 Å². The van der Waals surface area contributed by atoms with Gasteiger partial charge in [0.25, 0.3) is 5.91 Å². The first-order chi connectivity index (χ1) is 9.99. The highest BCUT2D eigenvalue weighted by Gasteiger charge is 2.36. The summed E-state index contributed by atoms with van der Waals surface area (Å²) < 4.78 is 18.1. The Labute approximate surface area is 122 Å². The molecule has 1 aromatic rings. The summed E-state index contributed by atoms with van der Waals surface area (Å²) in [5, 5.41) is 9.27. The number of piperidine rings is 1. The van der Waals surface area contributed by atoms with E-state index >= 15 is 0 Å². The minimum absolute atomic E-state index is 0.0778. The van der Waals surface area contributed by atoms with Crippen molar-refractivity contribution in [1.29, 1.82) is 0 Å². The first-order valence-electron chi connectivity index (χ1n) is 6.89. The van der Waals surface area contributed by atoms with Crippen molar-refractivity contribution in [2.45, 2.75) is 25.8 Å². The lowest BCUT2D eigenvalue weighted by Crippen LogP contribution is -2.53. The molecule has 1 N–H and O–H groups in total. The van der Waals surface area contributed by atoms with Crippen molar-refractivity contribution in [3.8, 4) is 5.75 Å². The standard InChI is InChI=1S/C15H18FNO4/c1-10-3-2-8-17(14(10)15(19)20)13(18)9-21-12-6-4-11(16)5-7-12/h4-7,10,14H,2-3,8-9H2,1H3,(H,19,20). The highest BCUT2D eigenvalue weighted by atomic mass is 19.1. The van der Waals surface area contributed by atoms with Crippen molar-refractivity contribution >= 4 is 11.9 Å². The lowest BCUT2D eigenvalue weighted by atomic mass is 9.91. The lowest BCUT2D eigenvalue weighted by Gasteiger charge is -2.37. The average molecular weight is 295 g/mol. The monoisotopic (exact) mass is 295 g/mol. The molecule has 21 heavy (non-hydrogen) atoms. The lowest BCUT2D eigenvalue weighted by molar-refractivity contribution is -0.155. The third kappa shape index (κ3) is 3.71. The second kappa shape index (κ2) is 6.56. The van der Waals surface area contributed by atoms with E-state index in [1.54, 1.807) is 0 Å². The molecule has 0 radical (unpaired) electrons. The molecular formula is C15H18FNO4. The Bertz CT molecular complexity index is 517. The van der Waals surface area contributed by atoms with Gasteiger partial charge in [-0.1, -0.05) is 6.92 Å². The molecule has 6 heteroatoms. The second-order valence-corrected chi connectivity index (χ2v) is 5.23. The molecule has 1 aliphatic heterocycles. The van der Waals surface area contributed by atoms with E-state index in [1.807, 2.05) is 6.92 Å². The minimum Gasteiger partial charge on any atom is -0.484 e. The van der Waals surface area contributed by atoms with Crippen LogP contribution in [0.2, 0.25) is 0 Å². The fourth-order valence-corrected chi connectivity index (χ4v) is 2.60. The van der Waals surface area contributed by atoms with Gasteiger partial charge in [-0.05, 0) is 43.0 Å². The van der Waals surface area contributed by atoms with Crippen molar-refractivity contribution in [3.05, 3.63) is 30.1 Å². The number of carboxylic acids is 1. The van der Waals surface area contributed by atoms with Crippen molar-refractivity contribution in [2.75, 3.05) is 13.2 Å². The largest absolute Gasteiger partial charge is 0.484 e. The fourth-order valence-electron chi connectivity index (χ4n) is 2.60. The van der Waals surface area contributed by atoms with E-state index in [9.17, 15) is 19.1 Å². The molecule has 0 aliphatic carbocycles. The van der Waals surface area contributed by atoms with E-state index in [2.05, 4.69) is 0 Å². The van der Waals surface area contributed by atoms with Crippen LogP contribution in [0.5, 0.6) is 5.75 Å². The number of hydrogen-bond donors (Lipinski definition) is 1. The molecule has 1 aromatic carbocycles. The molecule has 0 bridgehead atoms. The third-order valence-corrected chi connectivity index (χ3v) is 3.68. The third-order valence-electron chi connectivity index (χ3n) is 3.68. The first kappa shape index (κ1) is 15.3. The summed E-state index contributed by atoms with van der Waals surface area (Å²) in [5.74, 6) is -1.44. The van der Waals surface area contributed by atoms with Crippen LogP contribution in [0.1, 0.15) is 19.8 Å². The van der Waals surface area contributed by atoms with Crippen LogP contribution in [-0.4, -0.2) is 41.1 Å². The number of hydrogen-bond acceptors (Lipinski definition) is 3. The maximum Gasteiger partial charge on any atom is 0.326 e. The van der Waals surface area contributed by atoms with Crippen molar-refractivity contribution < 1.29 is 23.8 Å². The van der Waals surface area contributed by atoms with E-state index in [0.717, 1.165) is 12.8 Å². The summed E-state index contributed by atoms with van der Waals surface area (Å²) >= 11 is 0. The van der Waals surface area contributed by atoms with Gasteiger partial charge < -0.3 is 14.7 Å². The zero-order chi connectivity index (χ0) is 15.4. The minimum atomic E-state index is -0.989. The van der Waals surface area contributed by atoms with Crippen LogP contribution >= 0.6 is 0 Å². The Hall–Kier alpha value is -2.11. The molecule has 2 atom stereocenters. The zero-order valence-electron chi connectivity index (χ0n) is 11.8. The average Bonchev–Trinajstić information content (AvgIpc) is 2.45. The summed E-state index contributed by atoms with van der Waals surface area (Å²) in [6, 6.07) is 4.53. The highest BCUT2D eigenvalue weighted by Crippen LogP contribution is 2.23.